The van der Waals surface area contributed by atoms with Crippen LogP contribution < -0.4 is 15.4 Å². The zero-order chi connectivity index (χ0) is 20.6. The van der Waals surface area contributed by atoms with Gasteiger partial charge in [0.15, 0.2) is 0 Å². The van der Waals surface area contributed by atoms with E-state index < -0.39 is 21.8 Å². The maximum absolute atomic E-state index is 12.1. The van der Waals surface area contributed by atoms with E-state index in [2.05, 4.69) is 37.2 Å². The van der Waals surface area contributed by atoms with Crippen molar-refractivity contribution in [3.63, 3.8) is 0 Å². The Kier molecular flexibility index (Phi) is 7.75. The highest BCUT2D eigenvalue weighted by Crippen LogP contribution is 2.15. The molecule has 0 spiro atoms. The van der Waals surface area contributed by atoms with Crippen molar-refractivity contribution in [3.8, 4) is 12.3 Å². The second-order valence-corrected chi connectivity index (χ2v) is 8.34. The number of rotatable bonds is 8. The molecule has 0 aliphatic rings. The zero-order valence-electron chi connectivity index (χ0n) is 14.7. The summed E-state index contributed by atoms with van der Waals surface area (Å²) < 4.78 is 27.3. The zero-order valence-corrected chi connectivity index (χ0v) is 17.1. The summed E-state index contributed by atoms with van der Waals surface area (Å²) in [5.74, 6) is 1.59. The van der Waals surface area contributed by atoms with Crippen LogP contribution in [0.1, 0.15) is 12.0 Å². The Labute approximate surface area is 172 Å². The van der Waals surface area contributed by atoms with E-state index in [1.165, 1.54) is 12.1 Å². The number of carbonyl (C=O) groups excluding carboxylic acids is 2. The van der Waals surface area contributed by atoms with Crippen molar-refractivity contribution < 1.29 is 18.0 Å². The van der Waals surface area contributed by atoms with Crippen LogP contribution in [-0.2, 0) is 19.6 Å². The summed E-state index contributed by atoms with van der Waals surface area (Å²) in [6.45, 7) is -0.329. The number of terminal acetylenes is 1. The molecule has 0 atom stereocenters. The maximum atomic E-state index is 12.1. The molecule has 0 saturated carbocycles. The Morgan fingerprint density at radius 3 is 2.54 bits per heavy atom. The molecule has 7 nitrogen and oxygen atoms in total. The highest BCUT2D eigenvalue weighted by molar-refractivity contribution is 9.10. The van der Waals surface area contributed by atoms with Gasteiger partial charge >= 0.3 is 0 Å². The molecule has 146 valence electrons. The minimum absolute atomic E-state index is 0.0908. The lowest BCUT2D eigenvalue weighted by Gasteiger charge is -2.09. The lowest BCUT2D eigenvalue weighted by Crippen LogP contribution is -2.35. The molecule has 0 unspecified atom stereocenters. The van der Waals surface area contributed by atoms with Gasteiger partial charge in [-0.05, 0) is 36.4 Å². The number of hydrogen-bond donors (Lipinski definition) is 3. The van der Waals surface area contributed by atoms with Crippen LogP contribution in [0.2, 0.25) is 0 Å². The average molecular weight is 464 g/mol. The molecule has 0 saturated heterocycles. The number of sulfonamides is 1. The number of hydrogen-bond acceptors (Lipinski definition) is 4. The van der Waals surface area contributed by atoms with Crippen molar-refractivity contribution in [1.29, 1.82) is 0 Å². The van der Waals surface area contributed by atoms with Crippen LogP contribution in [0.4, 0.5) is 5.69 Å². The largest absolute Gasteiger partial charge is 0.347 e. The number of carbonyl (C=O) groups is 2. The van der Waals surface area contributed by atoms with Crippen LogP contribution in [0.15, 0.2) is 57.9 Å². The van der Waals surface area contributed by atoms with Gasteiger partial charge < -0.3 is 10.6 Å². The van der Waals surface area contributed by atoms with E-state index in [4.69, 9.17) is 6.42 Å². The van der Waals surface area contributed by atoms with E-state index >= 15 is 0 Å². The van der Waals surface area contributed by atoms with Gasteiger partial charge in [-0.25, -0.2) is 13.1 Å². The Hall–Kier alpha value is -2.67. The van der Waals surface area contributed by atoms with Gasteiger partial charge in [-0.1, -0.05) is 34.0 Å². The van der Waals surface area contributed by atoms with Crippen molar-refractivity contribution in [2.24, 2.45) is 0 Å². The van der Waals surface area contributed by atoms with Crippen LogP contribution in [0.3, 0.4) is 0 Å². The first kappa shape index (κ1) is 21.6. The van der Waals surface area contributed by atoms with E-state index in [0.717, 1.165) is 0 Å². The van der Waals surface area contributed by atoms with Crippen molar-refractivity contribution in [1.82, 2.24) is 10.0 Å². The van der Waals surface area contributed by atoms with Crippen molar-refractivity contribution >= 4 is 43.5 Å². The maximum Gasteiger partial charge on any atom is 0.243 e. The molecule has 9 heteroatoms. The SMILES string of the molecule is C#Cc1cccc(NC(=O)CNC(=O)CCNS(=O)(=O)c2cccc(Br)c2)c1. The van der Waals surface area contributed by atoms with Crippen LogP contribution in [0.5, 0.6) is 0 Å². The number of benzene rings is 2. The highest BCUT2D eigenvalue weighted by atomic mass is 79.9. The first-order chi connectivity index (χ1) is 13.3. The third kappa shape index (κ3) is 6.81. The third-order valence-electron chi connectivity index (χ3n) is 3.51. The van der Waals surface area contributed by atoms with Crippen molar-refractivity contribution in [2.45, 2.75) is 11.3 Å². The second-order valence-electron chi connectivity index (χ2n) is 5.66. The fourth-order valence-electron chi connectivity index (χ4n) is 2.18. The molecule has 0 aliphatic carbocycles. The van der Waals surface area contributed by atoms with E-state index in [0.29, 0.717) is 15.7 Å². The monoisotopic (exact) mass is 463 g/mol. The van der Waals surface area contributed by atoms with Crippen LogP contribution in [0, 0.1) is 12.3 Å². The molecule has 0 bridgehead atoms. The summed E-state index contributed by atoms with van der Waals surface area (Å²) in [5.41, 5.74) is 1.15. The Morgan fingerprint density at radius 2 is 1.82 bits per heavy atom. The second kappa shape index (κ2) is 10.0. The van der Waals surface area contributed by atoms with E-state index in [1.54, 1.807) is 36.4 Å². The molecule has 28 heavy (non-hydrogen) atoms. The summed E-state index contributed by atoms with van der Waals surface area (Å²) in [5, 5.41) is 5.05. The van der Waals surface area contributed by atoms with E-state index in [1.807, 2.05) is 0 Å². The molecular formula is C19H18BrN3O4S. The molecule has 3 N–H and O–H groups in total. The summed E-state index contributed by atoms with van der Waals surface area (Å²) >= 11 is 3.21. The minimum Gasteiger partial charge on any atom is -0.347 e. The Morgan fingerprint density at radius 1 is 1.07 bits per heavy atom. The molecule has 2 rings (SSSR count). The molecule has 0 aromatic heterocycles. The normalized spacial score (nSPS) is 10.7. The third-order valence-corrected chi connectivity index (χ3v) is 5.46. The lowest BCUT2D eigenvalue weighted by atomic mass is 10.2. The summed E-state index contributed by atoms with van der Waals surface area (Å²) in [7, 11) is -3.71. The first-order valence-electron chi connectivity index (χ1n) is 8.18. The van der Waals surface area contributed by atoms with E-state index in [-0.39, 0.29) is 24.4 Å². The Balaban J connectivity index is 1.75. The van der Waals surface area contributed by atoms with Crippen molar-refractivity contribution in [3.05, 3.63) is 58.6 Å². The van der Waals surface area contributed by atoms with Crippen LogP contribution in [-0.4, -0.2) is 33.3 Å². The van der Waals surface area contributed by atoms with Gasteiger partial charge in [0.2, 0.25) is 21.8 Å². The molecule has 0 aliphatic heterocycles. The lowest BCUT2D eigenvalue weighted by molar-refractivity contribution is -0.124. The van der Waals surface area contributed by atoms with Gasteiger partial charge in [0.25, 0.3) is 0 Å². The van der Waals surface area contributed by atoms with Gasteiger partial charge in [-0.2, -0.15) is 0 Å². The number of nitrogens with one attached hydrogen (secondary N) is 3. The predicted molar refractivity (Wildman–Crippen MR) is 110 cm³/mol. The fraction of sp³-hybridized carbons (Fsp3) is 0.158. The molecule has 2 amide bonds. The molecule has 2 aromatic carbocycles. The van der Waals surface area contributed by atoms with Gasteiger partial charge in [0, 0.05) is 28.7 Å². The van der Waals surface area contributed by atoms with Gasteiger partial charge in [0.1, 0.15) is 0 Å². The fourth-order valence-corrected chi connectivity index (χ4v) is 3.80. The molecule has 0 radical (unpaired) electrons. The minimum atomic E-state index is -3.71. The molecule has 0 fully saturated rings. The van der Waals surface area contributed by atoms with Crippen LogP contribution in [0.25, 0.3) is 0 Å². The predicted octanol–water partition coefficient (Wildman–Crippen LogP) is 1.85. The summed E-state index contributed by atoms with van der Waals surface area (Å²) in [6.07, 6.45) is 5.19. The summed E-state index contributed by atoms with van der Waals surface area (Å²) in [6, 6.07) is 13.0. The molecule has 2 aromatic rings. The molecule has 0 heterocycles. The smallest absolute Gasteiger partial charge is 0.243 e. The summed E-state index contributed by atoms with van der Waals surface area (Å²) in [4.78, 5) is 23.8. The number of anilines is 1. The average Bonchev–Trinajstić information content (AvgIpc) is 2.66. The number of amides is 2. The highest BCUT2D eigenvalue weighted by Gasteiger charge is 2.14. The Bertz CT molecular complexity index is 1020. The standard InChI is InChI=1S/C19H18BrN3O4S/c1-2-14-5-3-7-16(11-14)23-19(25)13-21-18(24)9-10-22-28(26,27)17-8-4-6-15(20)12-17/h1,3-8,11-12,22H,9-10,13H2,(H,21,24)(H,23,25). The van der Waals surface area contributed by atoms with Crippen LogP contribution >= 0.6 is 15.9 Å². The number of halogens is 1. The molecular weight excluding hydrogens is 446 g/mol. The van der Waals surface area contributed by atoms with Gasteiger partial charge in [-0.3, -0.25) is 9.59 Å². The van der Waals surface area contributed by atoms with E-state index in [9.17, 15) is 18.0 Å². The first-order valence-corrected chi connectivity index (χ1v) is 10.5. The topological polar surface area (TPSA) is 104 Å². The quantitative estimate of drug-likeness (QED) is 0.519. The van der Waals surface area contributed by atoms with Gasteiger partial charge in [-0.15, -0.1) is 6.42 Å². The van der Waals surface area contributed by atoms with Gasteiger partial charge in [0.05, 0.1) is 11.4 Å². The van der Waals surface area contributed by atoms with Crippen molar-refractivity contribution in [2.75, 3.05) is 18.4 Å².